The Bertz CT molecular complexity index is 894. The van der Waals surface area contributed by atoms with Gasteiger partial charge in [0.1, 0.15) is 11.3 Å². The topological polar surface area (TPSA) is 61.7 Å². The van der Waals surface area contributed by atoms with Crippen LogP contribution in [0.2, 0.25) is 0 Å². The number of methoxy groups -OCH3 is 1. The van der Waals surface area contributed by atoms with Gasteiger partial charge in [-0.1, -0.05) is 30.3 Å². The molecule has 2 N–H and O–H groups in total. The van der Waals surface area contributed by atoms with Crippen molar-refractivity contribution >= 4 is 22.6 Å². The number of hydrogen-bond acceptors (Lipinski definition) is 4. The van der Waals surface area contributed by atoms with Gasteiger partial charge in [0.25, 0.3) is 0 Å². The summed E-state index contributed by atoms with van der Waals surface area (Å²) >= 11 is 0. The SMILES string of the molecule is CCOC(=O)c1c[nH+]c2ccc(OC)cc2c1NCCc1ccccc1. The first kappa shape index (κ1) is 17.7. The molecule has 0 saturated carbocycles. The number of pyridine rings is 1. The summed E-state index contributed by atoms with van der Waals surface area (Å²) < 4.78 is 10.5. The number of aromatic amines is 1. The molecular formula is C21H23N2O3+. The van der Waals surface area contributed by atoms with Crippen LogP contribution in [-0.4, -0.2) is 26.2 Å². The maximum atomic E-state index is 12.4. The number of anilines is 1. The highest BCUT2D eigenvalue weighted by atomic mass is 16.5. The first-order chi connectivity index (χ1) is 12.7. The third-order valence-electron chi connectivity index (χ3n) is 4.19. The molecule has 0 aliphatic rings. The fraction of sp³-hybridized carbons (Fsp3) is 0.238. The molecule has 0 unspecified atom stereocenters. The molecule has 0 saturated heterocycles. The van der Waals surface area contributed by atoms with Gasteiger partial charge in [0, 0.05) is 12.6 Å². The van der Waals surface area contributed by atoms with Crippen LogP contribution in [0.5, 0.6) is 5.75 Å². The zero-order chi connectivity index (χ0) is 18.4. The average Bonchev–Trinajstić information content (AvgIpc) is 2.68. The fourth-order valence-corrected chi connectivity index (χ4v) is 2.89. The molecule has 1 heterocycles. The maximum Gasteiger partial charge on any atom is 0.346 e. The number of carbonyl (C=O) groups is 1. The van der Waals surface area contributed by atoms with Crippen molar-refractivity contribution in [1.82, 2.24) is 0 Å². The summed E-state index contributed by atoms with van der Waals surface area (Å²) in [5, 5.41) is 4.31. The number of rotatable bonds is 7. The lowest BCUT2D eigenvalue weighted by Gasteiger charge is -2.12. The van der Waals surface area contributed by atoms with Crippen LogP contribution in [0, 0.1) is 0 Å². The largest absolute Gasteiger partial charge is 0.497 e. The van der Waals surface area contributed by atoms with Crippen molar-refractivity contribution in [2.24, 2.45) is 0 Å². The summed E-state index contributed by atoms with van der Waals surface area (Å²) in [6, 6.07) is 16.0. The number of hydrogen-bond donors (Lipinski definition) is 1. The van der Waals surface area contributed by atoms with E-state index in [0.29, 0.717) is 18.7 Å². The molecule has 0 bridgehead atoms. The summed E-state index contributed by atoms with van der Waals surface area (Å²) in [4.78, 5) is 15.5. The molecule has 134 valence electrons. The summed E-state index contributed by atoms with van der Waals surface area (Å²) in [6.07, 6.45) is 2.55. The van der Waals surface area contributed by atoms with Gasteiger partial charge >= 0.3 is 5.97 Å². The van der Waals surface area contributed by atoms with Gasteiger partial charge in [0.2, 0.25) is 5.52 Å². The number of esters is 1. The first-order valence-corrected chi connectivity index (χ1v) is 8.70. The Morgan fingerprint density at radius 1 is 1.15 bits per heavy atom. The second-order valence-corrected chi connectivity index (χ2v) is 5.87. The molecule has 5 heteroatoms. The molecule has 3 aromatic rings. The summed E-state index contributed by atoms with van der Waals surface area (Å²) in [6.45, 7) is 2.83. The molecular weight excluding hydrogens is 328 g/mol. The van der Waals surface area contributed by atoms with Crippen LogP contribution in [0.25, 0.3) is 10.9 Å². The Kier molecular flexibility index (Phi) is 5.69. The Hall–Kier alpha value is -3.08. The Morgan fingerprint density at radius 2 is 1.96 bits per heavy atom. The molecule has 0 radical (unpaired) electrons. The van der Waals surface area contributed by atoms with Crippen LogP contribution in [0.1, 0.15) is 22.8 Å². The third kappa shape index (κ3) is 3.94. The molecule has 0 amide bonds. The molecule has 1 aromatic heterocycles. The van der Waals surface area contributed by atoms with Crippen molar-refractivity contribution in [2.75, 3.05) is 25.6 Å². The van der Waals surface area contributed by atoms with Crippen LogP contribution >= 0.6 is 0 Å². The van der Waals surface area contributed by atoms with Gasteiger partial charge in [-0.15, -0.1) is 0 Å². The summed E-state index contributed by atoms with van der Waals surface area (Å²) in [5.41, 5.74) is 3.40. The quantitative estimate of drug-likeness (QED) is 0.662. The van der Waals surface area contributed by atoms with E-state index in [1.54, 1.807) is 20.2 Å². The lowest BCUT2D eigenvalue weighted by Crippen LogP contribution is -2.17. The monoisotopic (exact) mass is 351 g/mol. The van der Waals surface area contributed by atoms with Gasteiger partial charge in [-0.3, -0.25) is 0 Å². The van der Waals surface area contributed by atoms with Crippen molar-refractivity contribution in [3.05, 3.63) is 65.9 Å². The molecule has 2 aromatic carbocycles. The first-order valence-electron chi connectivity index (χ1n) is 8.70. The minimum Gasteiger partial charge on any atom is -0.497 e. The number of nitrogens with one attached hydrogen (secondary N) is 2. The third-order valence-corrected chi connectivity index (χ3v) is 4.19. The Balaban J connectivity index is 1.94. The fourth-order valence-electron chi connectivity index (χ4n) is 2.89. The molecule has 0 atom stereocenters. The normalized spacial score (nSPS) is 10.5. The maximum absolute atomic E-state index is 12.4. The average molecular weight is 351 g/mol. The van der Waals surface area contributed by atoms with Gasteiger partial charge in [-0.25, -0.2) is 9.78 Å². The van der Waals surface area contributed by atoms with E-state index >= 15 is 0 Å². The van der Waals surface area contributed by atoms with E-state index < -0.39 is 0 Å². The molecule has 3 rings (SSSR count). The smallest absolute Gasteiger partial charge is 0.346 e. The molecule has 26 heavy (non-hydrogen) atoms. The van der Waals surface area contributed by atoms with Crippen molar-refractivity contribution < 1.29 is 19.3 Å². The van der Waals surface area contributed by atoms with E-state index in [2.05, 4.69) is 22.4 Å². The van der Waals surface area contributed by atoms with Crippen molar-refractivity contribution in [3.63, 3.8) is 0 Å². The minimum absolute atomic E-state index is 0.332. The van der Waals surface area contributed by atoms with Gasteiger partial charge in [0.05, 0.1) is 24.8 Å². The van der Waals surface area contributed by atoms with Crippen LogP contribution < -0.4 is 15.0 Å². The number of ether oxygens (including phenoxy) is 2. The standard InChI is InChI=1S/C21H22N2O3/c1-3-26-21(24)18-14-23-19-10-9-16(25-2)13-17(19)20(18)22-12-11-15-7-5-4-6-8-15/h4-10,13-14H,3,11-12H2,1-2H3,(H,22,23)/p+1. The van der Waals surface area contributed by atoms with Crippen molar-refractivity contribution in [1.29, 1.82) is 0 Å². The predicted molar refractivity (Wildman–Crippen MR) is 102 cm³/mol. The number of benzene rings is 2. The molecule has 0 aliphatic carbocycles. The zero-order valence-corrected chi connectivity index (χ0v) is 15.0. The summed E-state index contributed by atoms with van der Waals surface area (Å²) in [7, 11) is 1.63. The van der Waals surface area contributed by atoms with E-state index in [-0.39, 0.29) is 5.97 Å². The van der Waals surface area contributed by atoms with Gasteiger partial charge < -0.3 is 14.8 Å². The van der Waals surface area contributed by atoms with Gasteiger partial charge in [-0.05, 0) is 31.0 Å². The van der Waals surface area contributed by atoms with E-state index in [9.17, 15) is 4.79 Å². The van der Waals surface area contributed by atoms with E-state index in [4.69, 9.17) is 9.47 Å². The van der Waals surface area contributed by atoms with Crippen molar-refractivity contribution in [3.8, 4) is 5.75 Å². The predicted octanol–water partition coefficient (Wildman–Crippen LogP) is 3.49. The van der Waals surface area contributed by atoms with E-state index in [1.807, 2.05) is 36.4 Å². The molecule has 5 nitrogen and oxygen atoms in total. The number of fused-ring (bicyclic) bond motifs is 1. The Labute approximate surface area is 153 Å². The number of aromatic nitrogens is 1. The summed E-state index contributed by atoms with van der Waals surface area (Å²) in [5.74, 6) is 0.383. The minimum atomic E-state index is -0.351. The molecule has 0 aliphatic heterocycles. The highest BCUT2D eigenvalue weighted by Crippen LogP contribution is 2.28. The van der Waals surface area contributed by atoms with Crippen LogP contribution in [0.4, 0.5) is 5.69 Å². The molecule has 0 spiro atoms. The lowest BCUT2D eigenvalue weighted by molar-refractivity contribution is -0.344. The van der Waals surface area contributed by atoms with Crippen LogP contribution in [-0.2, 0) is 11.2 Å². The molecule has 0 fully saturated rings. The van der Waals surface area contributed by atoms with E-state index in [0.717, 1.165) is 28.8 Å². The highest BCUT2D eigenvalue weighted by molar-refractivity contribution is 6.04. The second kappa shape index (κ2) is 8.34. The van der Waals surface area contributed by atoms with Gasteiger partial charge in [-0.2, -0.15) is 0 Å². The number of H-pyrrole nitrogens is 1. The van der Waals surface area contributed by atoms with Crippen LogP contribution in [0.15, 0.2) is 54.7 Å². The van der Waals surface area contributed by atoms with Crippen LogP contribution in [0.3, 0.4) is 0 Å². The second-order valence-electron chi connectivity index (χ2n) is 5.87. The zero-order valence-electron chi connectivity index (χ0n) is 15.0. The van der Waals surface area contributed by atoms with Gasteiger partial charge in [0.15, 0.2) is 6.20 Å². The number of carbonyl (C=O) groups excluding carboxylic acids is 1. The van der Waals surface area contributed by atoms with Crippen molar-refractivity contribution in [2.45, 2.75) is 13.3 Å². The highest BCUT2D eigenvalue weighted by Gasteiger charge is 2.20. The lowest BCUT2D eigenvalue weighted by atomic mass is 10.1. The van der Waals surface area contributed by atoms with E-state index in [1.165, 1.54) is 5.56 Å². The Morgan fingerprint density at radius 3 is 2.69 bits per heavy atom.